The van der Waals surface area contributed by atoms with E-state index in [9.17, 15) is 8.42 Å². The van der Waals surface area contributed by atoms with Gasteiger partial charge in [0.05, 0.1) is 4.90 Å². The van der Waals surface area contributed by atoms with Crippen LogP contribution in [0.4, 0.5) is 5.82 Å². The second-order valence-electron chi connectivity index (χ2n) is 4.08. The van der Waals surface area contributed by atoms with Gasteiger partial charge in [-0.2, -0.15) is 11.8 Å². The summed E-state index contributed by atoms with van der Waals surface area (Å²) < 4.78 is 26.7. The average Bonchev–Trinajstić information content (AvgIpc) is 2.43. The van der Waals surface area contributed by atoms with Crippen LogP contribution >= 0.6 is 11.8 Å². The molecular formula is C12H21N3O2S2. The highest BCUT2D eigenvalue weighted by atomic mass is 32.2. The Morgan fingerprint density at radius 2 is 2.11 bits per heavy atom. The molecule has 0 aromatic carbocycles. The summed E-state index contributed by atoms with van der Waals surface area (Å²) in [6.07, 6.45) is 6.59. The van der Waals surface area contributed by atoms with Crippen LogP contribution in [0.1, 0.15) is 19.3 Å². The minimum Gasteiger partial charge on any atom is -0.373 e. The molecule has 0 bridgehead atoms. The van der Waals surface area contributed by atoms with E-state index in [1.54, 1.807) is 7.05 Å². The lowest BCUT2D eigenvalue weighted by Crippen LogP contribution is -2.25. The van der Waals surface area contributed by atoms with Crippen LogP contribution in [-0.2, 0) is 10.0 Å². The lowest BCUT2D eigenvalue weighted by Gasteiger charge is -2.07. The Balaban J connectivity index is 2.46. The lowest BCUT2D eigenvalue weighted by molar-refractivity contribution is 0.576. The van der Waals surface area contributed by atoms with E-state index in [1.807, 2.05) is 11.8 Å². The standard InChI is InChI=1S/C12H21N3O2S2/c1-13-12-10-11(6-8-14-12)19(16,17)15-7-4-3-5-9-18-2/h6,8,10,15H,3-5,7,9H2,1-2H3,(H,13,14). The molecule has 0 aliphatic carbocycles. The van der Waals surface area contributed by atoms with Gasteiger partial charge in [0, 0.05) is 25.9 Å². The van der Waals surface area contributed by atoms with Crippen molar-refractivity contribution in [2.45, 2.75) is 24.2 Å². The van der Waals surface area contributed by atoms with E-state index in [2.05, 4.69) is 21.3 Å². The first-order valence-electron chi connectivity index (χ1n) is 6.22. The Labute approximate surface area is 119 Å². The number of rotatable bonds is 9. The van der Waals surface area contributed by atoms with Crippen LogP contribution in [0.2, 0.25) is 0 Å². The van der Waals surface area contributed by atoms with Crippen molar-refractivity contribution in [1.82, 2.24) is 9.71 Å². The smallest absolute Gasteiger partial charge is 0.240 e. The van der Waals surface area contributed by atoms with Crippen molar-refractivity contribution in [3.05, 3.63) is 18.3 Å². The van der Waals surface area contributed by atoms with E-state index in [0.717, 1.165) is 25.0 Å². The molecule has 1 aromatic rings. The van der Waals surface area contributed by atoms with Crippen molar-refractivity contribution in [3.8, 4) is 0 Å². The average molecular weight is 303 g/mol. The molecule has 0 fully saturated rings. The SMILES string of the molecule is CNc1cc(S(=O)(=O)NCCCCCSC)ccn1. The van der Waals surface area contributed by atoms with Crippen LogP contribution in [-0.4, -0.2) is 39.0 Å². The van der Waals surface area contributed by atoms with Gasteiger partial charge in [-0.15, -0.1) is 0 Å². The fourth-order valence-corrected chi connectivity index (χ4v) is 3.13. The molecule has 5 nitrogen and oxygen atoms in total. The highest BCUT2D eigenvalue weighted by Crippen LogP contribution is 2.12. The second kappa shape index (κ2) is 8.39. The van der Waals surface area contributed by atoms with Crippen molar-refractivity contribution in [2.75, 3.05) is 30.9 Å². The normalized spacial score (nSPS) is 11.5. The topological polar surface area (TPSA) is 71.1 Å². The van der Waals surface area contributed by atoms with E-state index < -0.39 is 10.0 Å². The van der Waals surface area contributed by atoms with E-state index in [-0.39, 0.29) is 4.90 Å². The van der Waals surface area contributed by atoms with Gasteiger partial charge >= 0.3 is 0 Å². The first kappa shape index (κ1) is 16.3. The van der Waals surface area contributed by atoms with Crippen LogP contribution in [0.5, 0.6) is 0 Å². The largest absolute Gasteiger partial charge is 0.373 e. The van der Waals surface area contributed by atoms with Gasteiger partial charge in [0.2, 0.25) is 10.0 Å². The Morgan fingerprint density at radius 1 is 1.32 bits per heavy atom. The van der Waals surface area contributed by atoms with Crippen molar-refractivity contribution in [1.29, 1.82) is 0 Å². The third kappa shape index (κ3) is 5.80. The number of unbranched alkanes of at least 4 members (excludes halogenated alkanes) is 2. The molecule has 0 amide bonds. The number of pyridine rings is 1. The van der Waals surface area contributed by atoms with Crippen LogP contribution in [0.15, 0.2) is 23.2 Å². The lowest BCUT2D eigenvalue weighted by atomic mass is 10.2. The van der Waals surface area contributed by atoms with Crippen LogP contribution in [0.3, 0.4) is 0 Å². The number of nitrogens with one attached hydrogen (secondary N) is 2. The first-order valence-corrected chi connectivity index (χ1v) is 9.10. The Bertz CT molecular complexity index is 478. The third-order valence-corrected chi connectivity index (χ3v) is 4.77. The van der Waals surface area contributed by atoms with Crippen LogP contribution < -0.4 is 10.0 Å². The molecule has 1 heterocycles. The van der Waals surface area contributed by atoms with Gasteiger partial charge in [-0.3, -0.25) is 0 Å². The molecule has 1 aromatic heterocycles. The summed E-state index contributed by atoms with van der Waals surface area (Å²) in [6, 6.07) is 3.02. The Morgan fingerprint density at radius 3 is 2.79 bits per heavy atom. The molecule has 1 rings (SSSR count). The maximum Gasteiger partial charge on any atom is 0.240 e. The molecule has 0 unspecified atom stereocenters. The number of sulfonamides is 1. The molecule has 0 radical (unpaired) electrons. The highest BCUT2D eigenvalue weighted by molar-refractivity contribution is 7.98. The minimum atomic E-state index is -3.42. The summed E-state index contributed by atoms with van der Waals surface area (Å²) in [7, 11) is -1.71. The molecule has 0 aliphatic heterocycles. The number of nitrogens with zero attached hydrogens (tertiary/aromatic N) is 1. The number of hydrogen-bond donors (Lipinski definition) is 2. The Kier molecular flexibility index (Phi) is 7.19. The summed E-state index contributed by atoms with van der Waals surface area (Å²) in [5.41, 5.74) is 0. The van der Waals surface area contributed by atoms with E-state index >= 15 is 0 Å². The van der Waals surface area contributed by atoms with Gasteiger partial charge in [0.1, 0.15) is 5.82 Å². The fraction of sp³-hybridized carbons (Fsp3) is 0.583. The molecule has 0 spiro atoms. The van der Waals surface area contributed by atoms with Gasteiger partial charge in [0.25, 0.3) is 0 Å². The first-order chi connectivity index (χ1) is 9.10. The van der Waals surface area contributed by atoms with Crippen molar-refractivity contribution in [3.63, 3.8) is 0 Å². The predicted molar refractivity (Wildman–Crippen MR) is 81.2 cm³/mol. The maximum absolute atomic E-state index is 12.0. The van der Waals surface area contributed by atoms with E-state index in [0.29, 0.717) is 12.4 Å². The maximum atomic E-state index is 12.0. The third-order valence-electron chi connectivity index (χ3n) is 2.62. The number of thioether (sulfide) groups is 1. The van der Waals surface area contributed by atoms with Crippen molar-refractivity contribution >= 4 is 27.6 Å². The summed E-state index contributed by atoms with van der Waals surface area (Å²) >= 11 is 1.81. The molecule has 7 heteroatoms. The van der Waals surface area contributed by atoms with Crippen molar-refractivity contribution < 1.29 is 8.42 Å². The molecule has 0 saturated carbocycles. The molecule has 0 saturated heterocycles. The molecule has 0 aliphatic rings. The van der Waals surface area contributed by atoms with E-state index in [1.165, 1.54) is 18.3 Å². The molecule has 19 heavy (non-hydrogen) atoms. The summed E-state index contributed by atoms with van der Waals surface area (Å²) in [5.74, 6) is 1.67. The predicted octanol–water partition coefficient (Wildman–Crippen LogP) is 1.93. The molecular weight excluding hydrogens is 282 g/mol. The van der Waals surface area contributed by atoms with E-state index in [4.69, 9.17) is 0 Å². The Hall–Kier alpha value is -0.790. The molecule has 108 valence electrons. The number of aromatic nitrogens is 1. The zero-order chi connectivity index (χ0) is 14.1. The quantitative estimate of drug-likeness (QED) is 0.682. The molecule has 0 atom stereocenters. The van der Waals surface area contributed by atoms with Crippen molar-refractivity contribution in [2.24, 2.45) is 0 Å². The summed E-state index contributed by atoms with van der Waals surface area (Å²) in [6.45, 7) is 0.480. The molecule has 2 N–H and O–H groups in total. The summed E-state index contributed by atoms with van der Waals surface area (Å²) in [5, 5.41) is 2.82. The summed E-state index contributed by atoms with van der Waals surface area (Å²) in [4.78, 5) is 4.24. The monoisotopic (exact) mass is 303 g/mol. The van der Waals surface area contributed by atoms with Gasteiger partial charge in [-0.1, -0.05) is 6.42 Å². The zero-order valence-electron chi connectivity index (χ0n) is 11.3. The fourth-order valence-electron chi connectivity index (χ4n) is 1.55. The zero-order valence-corrected chi connectivity index (χ0v) is 13.0. The highest BCUT2D eigenvalue weighted by Gasteiger charge is 2.13. The van der Waals surface area contributed by atoms with Gasteiger partial charge in [-0.25, -0.2) is 18.1 Å². The number of anilines is 1. The number of hydrogen-bond acceptors (Lipinski definition) is 5. The van der Waals surface area contributed by atoms with Crippen LogP contribution in [0.25, 0.3) is 0 Å². The van der Waals surface area contributed by atoms with Gasteiger partial charge in [0.15, 0.2) is 0 Å². The van der Waals surface area contributed by atoms with Gasteiger partial charge < -0.3 is 5.32 Å². The van der Waals surface area contributed by atoms with Crippen LogP contribution in [0, 0.1) is 0 Å². The minimum absolute atomic E-state index is 0.246. The van der Waals surface area contributed by atoms with Gasteiger partial charge in [-0.05, 0) is 30.9 Å². The second-order valence-corrected chi connectivity index (χ2v) is 6.83.